The van der Waals surface area contributed by atoms with Gasteiger partial charge >= 0.3 is 0 Å². The highest BCUT2D eigenvalue weighted by molar-refractivity contribution is 5.91. The third-order valence-electron chi connectivity index (χ3n) is 14.5. The van der Waals surface area contributed by atoms with Crippen LogP contribution in [-0.2, 0) is 16.2 Å². The van der Waals surface area contributed by atoms with Crippen LogP contribution in [0.1, 0.15) is 72.2 Å². The van der Waals surface area contributed by atoms with Crippen LogP contribution >= 0.6 is 0 Å². The van der Waals surface area contributed by atoms with Crippen LogP contribution in [0.3, 0.4) is 0 Å². The van der Waals surface area contributed by atoms with Crippen LogP contribution < -0.4 is 4.90 Å². The van der Waals surface area contributed by atoms with Crippen molar-refractivity contribution < 1.29 is 0 Å². The van der Waals surface area contributed by atoms with Gasteiger partial charge in [-0.15, -0.1) is 0 Å². The average Bonchev–Trinajstić information content (AvgIpc) is 3.84. The maximum Gasteiger partial charge on any atom is 0.0714 e. The maximum absolute atomic E-state index is 2.52. The van der Waals surface area contributed by atoms with Crippen LogP contribution in [0.25, 0.3) is 44.5 Å². The molecule has 0 aliphatic heterocycles. The highest BCUT2D eigenvalue weighted by Gasteiger charge is 2.46. The Labute approximate surface area is 365 Å². The zero-order valence-electron chi connectivity index (χ0n) is 35.7. The zero-order chi connectivity index (χ0) is 41.8. The van der Waals surface area contributed by atoms with Crippen molar-refractivity contribution in [3.8, 4) is 44.5 Å². The van der Waals surface area contributed by atoms with E-state index >= 15 is 0 Å². The summed E-state index contributed by atoms with van der Waals surface area (Å²) >= 11 is 0. The Bertz CT molecular complexity index is 3200. The van der Waals surface area contributed by atoms with E-state index in [9.17, 15) is 0 Å². The fourth-order valence-electron chi connectivity index (χ4n) is 11.5. The van der Waals surface area contributed by atoms with Gasteiger partial charge in [0, 0.05) is 27.9 Å². The zero-order valence-corrected chi connectivity index (χ0v) is 35.7. The van der Waals surface area contributed by atoms with Crippen molar-refractivity contribution in [1.82, 2.24) is 0 Å². The summed E-state index contributed by atoms with van der Waals surface area (Å²) < 4.78 is 0. The molecule has 0 saturated carbocycles. The summed E-state index contributed by atoms with van der Waals surface area (Å²) in [4.78, 5) is 2.52. The van der Waals surface area contributed by atoms with E-state index in [2.05, 4.69) is 245 Å². The molecule has 9 aromatic carbocycles. The topological polar surface area (TPSA) is 3.24 Å². The summed E-state index contributed by atoms with van der Waals surface area (Å²) in [5.74, 6) is 0. The third kappa shape index (κ3) is 5.09. The molecule has 0 unspecified atom stereocenters. The molecule has 0 bridgehead atoms. The SMILES string of the molecule is CC1(C)c2ccccc2-c2ccc(N(c3cccc(C4(c5ccccc5)c5ccccc5-c5ccccc54)c3)c3ccc4c(c3)C(C)(C)c3cc(-c5ccccc5)ccc3-4)cc21. The number of anilines is 3. The number of hydrogen-bond acceptors (Lipinski definition) is 1. The van der Waals surface area contributed by atoms with E-state index in [1.165, 1.54) is 89.0 Å². The van der Waals surface area contributed by atoms with E-state index in [0.29, 0.717) is 0 Å². The fraction of sp³-hybridized carbons (Fsp3) is 0.115. The quantitative estimate of drug-likeness (QED) is 0.162. The Balaban J connectivity index is 1.07. The van der Waals surface area contributed by atoms with Gasteiger partial charge in [-0.05, 0) is 131 Å². The van der Waals surface area contributed by atoms with Gasteiger partial charge in [-0.3, -0.25) is 0 Å². The molecular formula is C61H47N. The van der Waals surface area contributed by atoms with Crippen molar-refractivity contribution in [2.75, 3.05) is 4.90 Å². The maximum atomic E-state index is 2.52. The van der Waals surface area contributed by atoms with Gasteiger partial charge in [-0.25, -0.2) is 0 Å². The molecule has 62 heavy (non-hydrogen) atoms. The summed E-state index contributed by atoms with van der Waals surface area (Å²) in [6, 6.07) is 79.7. The molecule has 3 aliphatic carbocycles. The van der Waals surface area contributed by atoms with Crippen molar-refractivity contribution >= 4 is 17.1 Å². The standard InChI is InChI=1S/C61H47N/c1-59(2)53-27-14-11-24-47(53)51-34-31-45(38-57(51)59)62(46-32-35-52-50-33-30-41(40-18-7-5-8-19-40)36-56(50)60(3,4)58(52)39-46)44-23-17-22-43(37-44)61(42-20-9-6-10-21-42)54-28-15-12-25-48(54)49-26-13-16-29-55(49)61/h5-39H,1-4H3. The molecular weight excluding hydrogens is 747 g/mol. The number of benzene rings is 9. The molecule has 0 fully saturated rings. The molecule has 0 heterocycles. The molecule has 0 radical (unpaired) electrons. The monoisotopic (exact) mass is 793 g/mol. The minimum absolute atomic E-state index is 0.137. The lowest BCUT2D eigenvalue weighted by atomic mass is 9.67. The van der Waals surface area contributed by atoms with Gasteiger partial charge in [0.15, 0.2) is 0 Å². The molecule has 0 saturated heterocycles. The van der Waals surface area contributed by atoms with Crippen LogP contribution in [0.2, 0.25) is 0 Å². The molecule has 296 valence electrons. The Hall–Kier alpha value is -7.22. The van der Waals surface area contributed by atoms with Gasteiger partial charge in [0.25, 0.3) is 0 Å². The second-order valence-corrected chi connectivity index (χ2v) is 18.5. The van der Waals surface area contributed by atoms with Crippen molar-refractivity contribution in [3.63, 3.8) is 0 Å². The molecule has 0 amide bonds. The van der Waals surface area contributed by atoms with Crippen LogP contribution in [0, 0.1) is 0 Å². The molecule has 1 heteroatoms. The molecule has 3 aliphatic rings. The highest BCUT2D eigenvalue weighted by Crippen LogP contribution is 2.58. The van der Waals surface area contributed by atoms with E-state index < -0.39 is 5.41 Å². The van der Waals surface area contributed by atoms with E-state index in [1.54, 1.807) is 0 Å². The van der Waals surface area contributed by atoms with Crippen molar-refractivity contribution in [3.05, 3.63) is 257 Å². The van der Waals surface area contributed by atoms with Crippen molar-refractivity contribution in [2.45, 2.75) is 43.9 Å². The average molecular weight is 794 g/mol. The number of hydrogen-bond donors (Lipinski definition) is 0. The molecule has 0 aromatic heterocycles. The number of rotatable bonds is 6. The summed E-state index contributed by atoms with van der Waals surface area (Å²) in [7, 11) is 0. The van der Waals surface area contributed by atoms with Crippen molar-refractivity contribution in [1.29, 1.82) is 0 Å². The Kier molecular flexibility index (Phi) is 7.91. The summed E-state index contributed by atoms with van der Waals surface area (Å²) in [5, 5.41) is 0. The van der Waals surface area contributed by atoms with Gasteiger partial charge in [0.05, 0.1) is 5.41 Å². The first kappa shape index (κ1) is 36.6. The first-order chi connectivity index (χ1) is 30.3. The van der Waals surface area contributed by atoms with Crippen LogP contribution in [0.15, 0.2) is 212 Å². The van der Waals surface area contributed by atoms with E-state index in [1.807, 2.05) is 0 Å². The van der Waals surface area contributed by atoms with Gasteiger partial charge < -0.3 is 4.90 Å². The van der Waals surface area contributed by atoms with E-state index in [4.69, 9.17) is 0 Å². The van der Waals surface area contributed by atoms with E-state index in [0.717, 1.165) is 17.1 Å². The molecule has 9 aromatic rings. The normalized spacial score (nSPS) is 15.2. The Morgan fingerprint density at radius 3 is 1.29 bits per heavy atom. The summed E-state index contributed by atoms with van der Waals surface area (Å²) in [6.07, 6.45) is 0. The summed E-state index contributed by atoms with van der Waals surface area (Å²) in [5.41, 5.74) is 23.6. The minimum atomic E-state index is -0.504. The largest absolute Gasteiger partial charge is 0.310 e. The molecule has 0 atom stereocenters. The first-order valence-corrected chi connectivity index (χ1v) is 22.0. The van der Waals surface area contributed by atoms with Crippen molar-refractivity contribution in [2.24, 2.45) is 0 Å². The minimum Gasteiger partial charge on any atom is -0.310 e. The highest BCUT2D eigenvalue weighted by atomic mass is 15.1. The fourth-order valence-corrected chi connectivity index (χ4v) is 11.5. The predicted octanol–water partition coefficient (Wildman–Crippen LogP) is 15.8. The van der Waals surface area contributed by atoms with Gasteiger partial charge in [-0.2, -0.15) is 0 Å². The second kappa shape index (κ2) is 13.4. The smallest absolute Gasteiger partial charge is 0.0714 e. The second-order valence-electron chi connectivity index (χ2n) is 18.5. The predicted molar refractivity (Wildman–Crippen MR) is 259 cm³/mol. The lowest BCUT2D eigenvalue weighted by Gasteiger charge is -2.35. The molecule has 12 rings (SSSR count). The van der Waals surface area contributed by atoms with E-state index in [-0.39, 0.29) is 10.8 Å². The van der Waals surface area contributed by atoms with Crippen LogP contribution in [-0.4, -0.2) is 0 Å². The Morgan fingerprint density at radius 1 is 0.274 bits per heavy atom. The lowest BCUT2D eigenvalue weighted by Crippen LogP contribution is -2.28. The molecule has 0 spiro atoms. The van der Waals surface area contributed by atoms with Gasteiger partial charge in [0.1, 0.15) is 0 Å². The number of fused-ring (bicyclic) bond motifs is 9. The van der Waals surface area contributed by atoms with Crippen LogP contribution in [0.5, 0.6) is 0 Å². The molecule has 0 N–H and O–H groups in total. The Morgan fingerprint density at radius 2 is 0.694 bits per heavy atom. The third-order valence-corrected chi connectivity index (χ3v) is 14.5. The van der Waals surface area contributed by atoms with Gasteiger partial charge in [-0.1, -0.05) is 198 Å². The lowest BCUT2D eigenvalue weighted by molar-refractivity contribution is 0.660. The first-order valence-electron chi connectivity index (χ1n) is 22.0. The summed E-state index contributed by atoms with van der Waals surface area (Å²) in [6.45, 7) is 9.55. The molecule has 1 nitrogen and oxygen atoms in total. The van der Waals surface area contributed by atoms with Gasteiger partial charge in [0.2, 0.25) is 0 Å². The van der Waals surface area contributed by atoms with Crippen LogP contribution in [0.4, 0.5) is 17.1 Å². The number of nitrogens with zero attached hydrogens (tertiary/aromatic N) is 1.